The monoisotopic (exact) mass is 157 g/mol. The molecule has 0 amide bonds. The Balaban J connectivity index is 3.29. The van der Waals surface area contributed by atoms with Crippen LogP contribution in [0.4, 0.5) is 0 Å². The van der Waals surface area contributed by atoms with Gasteiger partial charge >= 0.3 is 0 Å². The average molecular weight is 157 g/mol. The number of nitrogens with one attached hydrogen (secondary N) is 1. The Labute approximate surface area is 69.3 Å². The van der Waals surface area contributed by atoms with E-state index >= 15 is 0 Å². The van der Waals surface area contributed by atoms with Gasteiger partial charge in [-0.2, -0.15) is 0 Å². The highest BCUT2D eigenvalue weighted by Crippen LogP contribution is 1.99. The van der Waals surface area contributed by atoms with Crippen LogP contribution in [0.5, 0.6) is 0 Å². The van der Waals surface area contributed by atoms with Gasteiger partial charge in [-0.1, -0.05) is 6.08 Å². The highest BCUT2D eigenvalue weighted by molar-refractivity contribution is 4.76. The average Bonchev–Trinajstić information content (AvgIpc) is 1.99. The standard InChI is InChI=1S/C9H19NO/c1-4-5-6-7-10-9(2,3)8-11/h4,10-11H,1,5-8H2,2-3H3. The van der Waals surface area contributed by atoms with Crippen molar-refractivity contribution in [3.8, 4) is 0 Å². The van der Waals surface area contributed by atoms with E-state index < -0.39 is 0 Å². The van der Waals surface area contributed by atoms with Crippen molar-refractivity contribution in [2.24, 2.45) is 0 Å². The first-order chi connectivity index (χ1) is 5.12. The molecule has 0 aromatic heterocycles. The van der Waals surface area contributed by atoms with Crippen LogP contribution in [-0.4, -0.2) is 23.8 Å². The summed E-state index contributed by atoms with van der Waals surface area (Å²) in [6, 6.07) is 0. The predicted molar refractivity (Wildman–Crippen MR) is 48.6 cm³/mol. The molecule has 0 bridgehead atoms. The van der Waals surface area contributed by atoms with Gasteiger partial charge in [-0.05, 0) is 33.2 Å². The van der Waals surface area contributed by atoms with Crippen LogP contribution < -0.4 is 5.32 Å². The summed E-state index contributed by atoms with van der Waals surface area (Å²) in [6.45, 7) is 8.74. The molecule has 0 saturated heterocycles. The summed E-state index contributed by atoms with van der Waals surface area (Å²) in [7, 11) is 0. The number of hydrogen-bond donors (Lipinski definition) is 2. The second-order valence-electron chi connectivity index (χ2n) is 3.40. The molecule has 0 rings (SSSR count). The van der Waals surface area contributed by atoms with Crippen molar-refractivity contribution >= 4 is 0 Å². The van der Waals surface area contributed by atoms with Crippen molar-refractivity contribution in [1.29, 1.82) is 0 Å². The lowest BCUT2D eigenvalue weighted by molar-refractivity contribution is 0.189. The summed E-state index contributed by atoms with van der Waals surface area (Å²) in [6.07, 6.45) is 4.04. The van der Waals surface area contributed by atoms with E-state index in [1.807, 2.05) is 19.9 Å². The van der Waals surface area contributed by atoms with Gasteiger partial charge in [0.25, 0.3) is 0 Å². The first kappa shape index (κ1) is 10.7. The van der Waals surface area contributed by atoms with E-state index in [0.717, 1.165) is 19.4 Å². The molecule has 0 aromatic rings. The van der Waals surface area contributed by atoms with Crippen LogP contribution in [0.1, 0.15) is 26.7 Å². The van der Waals surface area contributed by atoms with Crippen LogP contribution in [0.3, 0.4) is 0 Å². The Morgan fingerprint density at radius 1 is 1.55 bits per heavy atom. The zero-order chi connectivity index (χ0) is 8.74. The molecule has 0 aliphatic carbocycles. The molecule has 66 valence electrons. The van der Waals surface area contributed by atoms with Gasteiger partial charge in [0.15, 0.2) is 0 Å². The third-order valence-corrected chi connectivity index (χ3v) is 1.58. The summed E-state index contributed by atoms with van der Waals surface area (Å²) in [4.78, 5) is 0. The highest BCUT2D eigenvalue weighted by Gasteiger charge is 2.13. The van der Waals surface area contributed by atoms with E-state index in [4.69, 9.17) is 5.11 Å². The molecule has 0 spiro atoms. The fraction of sp³-hybridized carbons (Fsp3) is 0.778. The lowest BCUT2D eigenvalue weighted by Crippen LogP contribution is -2.43. The lowest BCUT2D eigenvalue weighted by Gasteiger charge is -2.23. The van der Waals surface area contributed by atoms with Gasteiger partial charge in [0.2, 0.25) is 0 Å². The summed E-state index contributed by atoms with van der Waals surface area (Å²) in [5.74, 6) is 0. The molecule has 2 N–H and O–H groups in total. The van der Waals surface area contributed by atoms with Gasteiger partial charge < -0.3 is 10.4 Å². The Bertz CT molecular complexity index is 110. The zero-order valence-electron chi connectivity index (χ0n) is 7.56. The van der Waals surface area contributed by atoms with E-state index in [2.05, 4.69) is 11.9 Å². The van der Waals surface area contributed by atoms with Gasteiger partial charge in [-0.25, -0.2) is 0 Å². The van der Waals surface area contributed by atoms with E-state index in [1.165, 1.54) is 0 Å². The maximum atomic E-state index is 8.87. The fourth-order valence-corrected chi connectivity index (χ4v) is 0.729. The van der Waals surface area contributed by atoms with E-state index in [1.54, 1.807) is 0 Å². The molecule has 0 aromatic carbocycles. The Kier molecular flexibility index (Phi) is 5.16. The van der Waals surface area contributed by atoms with Gasteiger partial charge in [0.1, 0.15) is 0 Å². The molecule has 0 unspecified atom stereocenters. The molecule has 0 fully saturated rings. The number of hydrogen-bond acceptors (Lipinski definition) is 2. The molecule has 11 heavy (non-hydrogen) atoms. The minimum absolute atomic E-state index is 0.138. The van der Waals surface area contributed by atoms with Crippen molar-refractivity contribution in [3.63, 3.8) is 0 Å². The van der Waals surface area contributed by atoms with Crippen LogP contribution in [0.2, 0.25) is 0 Å². The molecule has 2 heteroatoms. The van der Waals surface area contributed by atoms with Crippen LogP contribution in [-0.2, 0) is 0 Å². The van der Waals surface area contributed by atoms with E-state index in [-0.39, 0.29) is 12.1 Å². The van der Waals surface area contributed by atoms with Crippen molar-refractivity contribution < 1.29 is 5.11 Å². The summed E-state index contributed by atoms with van der Waals surface area (Å²) in [5.41, 5.74) is -0.138. The summed E-state index contributed by atoms with van der Waals surface area (Å²) >= 11 is 0. The van der Waals surface area contributed by atoms with Crippen LogP contribution in [0, 0.1) is 0 Å². The summed E-state index contributed by atoms with van der Waals surface area (Å²) in [5, 5.41) is 12.1. The largest absolute Gasteiger partial charge is 0.394 e. The first-order valence-electron chi connectivity index (χ1n) is 4.09. The molecule has 0 saturated carbocycles. The molecular weight excluding hydrogens is 138 g/mol. The Morgan fingerprint density at radius 3 is 2.64 bits per heavy atom. The number of rotatable bonds is 6. The zero-order valence-corrected chi connectivity index (χ0v) is 7.56. The predicted octanol–water partition coefficient (Wildman–Crippen LogP) is 1.31. The second-order valence-corrected chi connectivity index (χ2v) is 3.40. The van der Waals surface area contributed by atoms with Crippen LogP contribution in [0.15, 0.2) is 12.7 Å². The Hall–Kier alpha value is -0.340. The smallest absolute Gasteiger partial charge is 0.0607 e. The van der Waals surface area contributed by atoms with E-state index in [0.29, 0.717) is 0 Å². The maximum absolute atomic E-state index is 8.87. The Morgan fingerprint density at radius 2 is 2.18 bits per heavy atom. The quantitative estimate of drug-likeness (QED) is 0.450. The molecule has 2 nitrogen and oxygen atoms in total. The third kappa shape index (κ3) is 6.07. The number of aliphatic hydroxyl groups excluding tert-OH is 1. The molecule has 0 aliphatic heterocycles. The maximum Gasteiger partial charge on any atom is 0.0607 e. The molecular formula is C9H19NO. The normalized spacial score (nSPS) is 11.5. The second kappa shape index (κ2) is 5.33. The van der Waals surface area contributed by atoms with Crippen molar-refractivity contribution in [2.75, 3.05) is 13.2 Å². The SMILES string of the molecule is C=CCCCNC(C)(C)CO. The van der Waals surface area contributed by atoms with Gasteiger partial charge in [-0.3, -0.25) is 0 Å². The minimum Gasteiger partial charge on any atom is -0.394 e. The first-order valence-corrected chi connectivity index (χ1v) is 4.09. The number of unbranched alkanes of at least 4 members (excludes halogenated alkanes) is 1. The highest BCUT2D eigenvalue weighted by atomic mass is 16.3. The lowest BCUT2D eigenvalue weighted by atomic mass is 10.1. The molecule has 0 radical (unpaired) electrons. The van der Waals surface area contributed by atoms with Crippen molar-refractivity contribution in [3.05, 3.63) is 12.7 Å². The number of allylic oxidation sites excluding steroid dienone is 1. The van der Waals surface area contributed by atoms with E-state index in [9.17, 15) is 0 Å². The fourth-order valence-electron chi connectivity index (χ4n) is 0.729. The van der Waals surface area contributed by atoms with Crippen LogP contribution >= 0.6 is 0 Å². The summed E-state index contributed by atoms with van der Waals surface area (Å²) < 4.78 is 0. The molecule has 0 atom stereocenters. The van der Waals surface area contributed by atoms with Crippen LogP contribution in [0.25, 0.3) is 0 Å². The number of aliphatic hydroxyl groups is 1. The van der Waals surface area contributed by atoms with Gasteiger partial charge in [0, 0.05) is 5.54 Å². The van der Waals surface area contributed by atoms with Crippen molar-refractivity contribution in [1.82, 2.24) is 5.32 Å². The minimum atomic E-state index is -0.138. The molecule has 0 heterocycles. The topological polar surface area (TPSA) is 32.3 Å². The van der Waals surface area contributed by atoms with Crippen molar-refractivity contribution in [2.45, 2.75) is 32.2 Å². The van der Waals surface area contributed by atoms with Gasteiger partial charge in [0.05, 0.1) is 6.61 Å². The third-order valence-electron chi connectivity index (χ3n) is 1.58. The molecule has 0 aliphatic rings. The van der Waals surface area contributed by atoms with Gasteiger partial charge in [-0.15, -0.1) is 6.58 Å².